The van der Waals surface area contributed by atoms with E-state index in [0.29, 0.717) is 19.9 Å². The zero-order valence-electron chi connectivity index (χ0n) is 19.4. The number of carbonyl (C=O) groups excluding carboxylic acids is 1. The molecule has 4 aromatic rings. The van der Waals surface area contributed by atoms with Crippen LogP contribution in [0.15, 0.2) is 88.7 Å². The predicted octanol–water partition coefficient (Wildman–Crippen LogP) is 4.89. The average Bonchev–Trinajstić information content (AvgIpc) is 3.18. The molecule has 0 radical (unpaired) electrons. The van der Waals surface area contributed by atoms with Crippen molar-refractivity contribution in [2.75, 3.05) is 11.9 Å². The van der Waals surface area contributed by atoms with E-state index in [9.17, 15) is 14.7 Å². The molecule has 0 spiro atoms. The molecule has 1 aliphatic heterocycles. The van der Waals surface area contributed by atoms with Gasteiger partial charge in [0.05, 0.1) is 23.1 Å². The van der Waals surface area contributed by atoms with E-state index in [0.717, 1.165) is 22.9 Å². The predicted molar refractivity (Wildman–Crippen MR) is 152 cm³/mol. The zero-order valence-corrected chi connectivity index (χ0v) is 21.8. The van der Waals surface area contributed by atoms with Crippen LogP contribution in [0.25, 0.3) is 11.7 Å². The van der Waals surface area contributed by atoms with Gasteiger partial charge in [-0.1, -0.05) is 90.2 Å². The number of nitrogens with zero attached hydrogens (tertiary/aromatic N) is 3. The molecule has 37 heavy (non-hydrogen) atoms. The molecule has 0 aliphatic carbocycles. The van der Waals surface area contributed by atoms with Crippen LogP contribution < -0.4 is 10.9 Å². The van der Waals surface area contributed by atoms with Gasteiger partial charge in [0.1, 0.15) is 15.8 Å². The maximum atomic E-state index is 13.4. The van der Waals surface area contributed by atoms with E-state index < -0.39 is 6.10 Å². The topological polar surface area (TPSA) is 86.9 Å². The highest BCUT2D eigenvalue weighted by Crippen LogP contribution is 2.35. The number of aromatic nitrogens is 2. The number of aliphatic hydroxyl groups excluding tert-OH is 1. The highest BCUT2D eigenvalue weighted by atomic mass is 35.5. The summed E-state index contributed by atoms with van der Waals surface area (Å²) in [5.41, 5.74) is 1.79. The van der Waals surface area contributed by atoms with Crippen LogP contribution in [0.5, 0.6) is 0 Å². The summed E-state index contributed by atoms with van der Waals surface area (Å²) in [6.07, 6.45) is 2.31. The molecule has 5 rings (SSSR count). The van der Waals surface area contributed by atoms with Crippen LogP contribution in [0.1, 0.15) is 22.8 Å². The number of rotatable bonds is 7. The Morgan fingerprint density at radius 3 is 2.57 bits per heavy atom. The fourth-order valence-electron chi connectivity index (χ4n) is 3.92. The van der Waals surface area contributed by atoms with E-state index in [-0.39, 0.29) is 35.9 Å². The molecule has 186 valence electrons. The van der Waals surface area contributed by atoms with Gasteiger partial charge in [-0.3, -0.25) is 18.9 Å². The van der Waals surface area contributed by atoms with Gasteiger partial charge in [0, 0.05) is 17.8 Å². The summed E-state index contributed by atoms with van der Waals surface area (Å²) in [6.45, 7) is 0.346. The van der Waals surface area contributed by atoms with E-state index in [1.165, 1.54) is 15.4 Å². The van der Waals surface area contributed by atoms with Gasteiger partial charge in [0.15, 0.2) is 0 Å². The first-order chi connectivity index (χ1) is 17.9. The Hall–Kier alpha value is -3.50. The van der Waals surface area contributed by atoms with Gasteiger partial charge in [0.2, 0.25) is 0 Å². The quantitative estimate of drug-likeness (QED) is 0.251. The second kappa shape index (κ2) is 10.9. The standard InChI is InChI=1S/C27H21ClN4O3S2/c28-20-11-5-4-10-18(20)16-32-26(35)22(37-27(32)36)14-19-24(29-15-21(33)17-8-2-1-3-9-17)30-23-12-6-7-13-31(23)25(19)34/h1-14,21,29,33H,15-16H2. The van der Waals surface area contributed by atoms with E-state index in [1.807, 2.05) is 48.5 Å². The van der Waals surface area contributed by atoms with Crippen molar-refractivity contribution < 1.29 is 9.90 Å². The lowest BCUT2D eigenvalue weighted by Gasteiger charge is -2.16. The first kappa shape index (κ1) is 25.2. The third-order valence-electron chi connectivity index (χ3n) is 5.85. The van der Waals surface area contributed by atoms with E-state index in [1.54, 1.807) is 30.5 Å². The number of anilines is 1. The first-order valence-electron chi connectivity index (χ1n) is 11.4. The number of thiocarbonyl (C=S) groups is 1. The molecule has 1 aliphatic rings. The molecule has 2 aromatic carbocycles. The SMILES string of the molecule is O=C1C(=Cc2c(NCC(O)c3ccccc3)nc3ccccn3c2=O)SC(=S)N1Cc1ccccc1Cl. The minimum atomic E-state index is -0.820. The second-order valence-corrected chi connectivity index (χ2v) is 10.4. The average molecular weight is 549 g/mol. The highest BCUT2D eigenvalue weighted by Gasteiger charge is 2.33. The smallest absolute Gasteiger partial charge is 0.267 e. The minimum absolute atomic E-state index is 0.119. The van der Waals surface area contributed by atoms with Crippen molar-refractivity contribution in [1.82, 2.24) is 14.3 Å². The number of carbonyl (C=O) groups is 1. The van der Waals surface area contributed by atoms with E-state index in [2.05, 4.69) is 10.3 Å². The van der Waals surface area contributed by atoms with Crippen molar-refractivity contribution in [3.05, 3.63) is 116 Å². The lowest BCUT2D eigenvalue weighted by atomic mass is 10.1. The van der Waals surface area contributed by atoms with Gasteiger partial charge in [-0.15, -0.1) is 0 Å². The minimum Gasteiger partial charge on any atom is -0.387 e. The number of benzene rings is 2. The Balaban J connectivity index is 1.49. The van der Waals surface area contributed by atoms with Crippen LogP contribution in [-0.4, -0.2) is 36.2 Å². The summed E-state index contributed by atoms with van der Waals surface area (Å²) in [5.74, 6) is -0.0506. The third kappa shape index (κ3) is 5.30. The second-order valence-electron chi connectivity index (χ2n) is 8.27. The van der Waals surface area contributed by atoms with Crippen molar-refractivity contribution in [3.63, 3.8) is 0 Å². The Labute approximate surface area is 227 Å². The summed E-state index contributed by atoms with van der Waals surface area (Å²) in [4.78, 5) is 33.1. The monoisotopic (exact) mass is 548 g/mol. The number of halogens is 1. The molecule has 1 saturated heterocycles. The number of nitrogens with one attached hydrogen (secondary N) is 1. The molecule has 7 nitrogen and oxygen atoms in total. The molecule has 1 amide bonds. The summed E-state index contributed by atoms with van der Waals surface area (Å²) < 4.78 is 1.79. The van der Waals surface area contributed by atoms with Crippen molar-refractivity contribution >= 4 is 63.3 Å². The number of thioether (sulfide) groups is 1. The Morgan fingerprint density at radius 2 is 1.78 bits per heavy atom. The van der Waals surface area contributed by atoms with Gasteiger partial charge in [0.25, 0.3) is 11.5 Å². The fraction of sp³-hybridized carbons (Fsp3) is 0.111. The number of fused-ring (bicyclic) bond motifs is 1. The summed E-state index contributed by atoms with van der Waals surface area (Å²) >= 11 is 12.9. The van der Waals surface area contributed by atoms with Crippen molar-refractivity contribution in [3.8, 4) is 0 Å². The molecule has 3 heterocycles. The number of amides is 1. The maximum Gasteiger partial charge on any atom is 0.267 e. The van der Waals surface area contributed by atoms with Gasteiger partial charge >= 0.3 is 0 Å². The van der Waals surface area contributed by atoms with E-state index in [4.69, 9.17) is 23.8 Å². The largest absolute Gasteiger partial charge is 0.387 e. The fourth-order valence-corrected chi connectivity index (χ4v) is 5.35. The Morgan fingerprint density at radius 1 is 1.05 bits per heavy atom. The van der Waals surface area contributed by atoms with Crippen LogP contribution in [-0.2, 0) is 11.3 Å². The Kier molecular flexibility index (Phi) is 7.38. The summed E-state index contributed by atoms with van der Waals surface area (Å²) in [5, 5.41) is 14.3. The van der Waals surface area contributed by atoms with Gasteiger partial charge < -0.3 is 10.4 Å². The molecule has 0 bridgehead atoms. The molecular weight excluding hydrogens is 528 g/mol. The summed E-state index contributed by atoms with van der Waals surface area (Å²) in [6, 6.07) is 21.7. The number of aliphatic hydroxyl groups is 1. The molecule has 1 atom stereocenters. The number of pyridine rings is 1. The Bertz CT molecular complexity index is 1590. The molecule has 10 heteroatoms. The van der Waals surface area contributed by atoms with Gasteiger partial charge in [-0.25, -0.2) is 4.98 Å². The van der Waals surface area contributed by atoms with Gasteiger partial charge in [-0.05, 0) is 35.4 Å². The molecule has 1 unspecified atom stereocenters. The van der Waals surface area contributed by atoms with Crippen molar-refractivity contribution in [2.24, 2.45) is 0 Å². The first-order valence-corrected chi connectivity index (χ1v) is 13.0. The van der Waals surface area contributed by atoms with Crippen molar-refractivity contribution in [2.45, 2.75) is 12.6 Å². The van der Waals surface area contributed by atoms with Gasteiger partial charge in [-0.2, -0.15) is 0 Å². The zero-order chi connectivity index (χ0) is 25.9. The van der Waals surface area contributed by atoms with E-state index >= 15 is 0 Å². The van der Waals surface area contributed by atoms with Crippen LogP contribution in [0, 0.1) is 0 Å². The van der Waals surface area contributed by atoms with Crippen LogP contribution >= 0.6 is 35.6 Å². The normalized spacial score (nSPS) is 15.5. The van der Waals surface area contributed by atoms with Crippen LogP contribution in [0.4, 0.5) is 5.82 Å². The summed E-state index contributed by atoms with van der Waals surface area (Å²) in [7, 11) is 0. The lowest BCUT2D eigenvalue weighted by molar-refractivity contribution is -0.122. The molecule has 0 saturated carbocycles. The van der Waals surface area contributed by atoms with Crippen LogP contribution in [0.3, 0.4) is 0 Å². The number of hydrogen-bond donors (Lipinski definition) is 2. The maximum absolute atomic E-state index is 13.4. The van der Waals surface area contributed by atoms with Crippen molar-refractivity contribution in [1.29, 1.82) is 0 Å². The van der Waals surface area contributed by atoms with Crippen LogP contribution in [0.2, 0.25) is 5.02 Å². The lowest BCUT2D eigenvalue weighted by Crippen LogP contribution is -2.27. The molecule has 1 fully saturated rings. The third-order valence-corrected chi connectivity index (χ3v) is 7.60. The highest BCUT2D eigenvalue weighted by molar-refractivity contribution is 8.26. The number of hydrogen-bond acceptors (Lipinski definition) is 7. The molecule has 2 aromatic heterocycles. The molecule has 2 N–H and O–H groups in total. The molecular formula is C27H21ClN4O3S2.